The lowest BCUT2D eigenvalue weighted by Gasteiger charge is -2.20. The maximum Gasteiger partial charge on any atom is 0.251 e. The summed E-state index contributed by atoms with van der Waals surface area (Å²) in [6, 6.07) is 12.1. The SMILES string of the molecule is CNC(=O)c1ccc(CN(C)c2ncnc3cccc(F)c23)cc1. The number of rotatable bonds is 4. The topological polar surface area (TPSA) is 58.1 Å². The van der Waals surface area contributed by atoms with E-state index in [4.69, 9.17) is 0 Å². The first kappa shape index (κ1) is 15.9. The summed E-state index contributed by atoms with van der Waals surface area (Å²) in [6.07, 6.45) is 1.43. The van der Waals surface area contributed by atoms with Crippen LogP contribution in [-0.4, -0.2) is 30.0 Å². The first-order valence-corrected chi connectivity index (χ1v) is 7.51. The van der Waals surface area contributed by atoms with Gasteiger partial charge in [0.25, 0.3) is 5.91 Å². The van der Waals surface area contributed by atoms with Crippen LogP contribution in [0, 0.1) is 5.82 Å². The van der Waals surface area contributed by atoms with E-state index in [1.165, 1.54) is 12.4 Å². The van der Waals surface area contributed by atoms with Crippen molar-refractivity contribution in [2.24, 2.45) is 0 Å². The van der Waals surface area contributed by atoms with Crippen molar-refractivity contribution in [2.45, 2.75) is 6.54 Å². The molecule has 0 saturated carbocycles. The molecule has 1 N–H and O–H groups in total. The van der Waals surface area contributed by atoms with E-state index < -0.39 is 0 Å². The second-order valence-corrected chi connectivity index (χ2v) is 5.46. The number of benzene rings is 2. The largest absolute Gasteiger partial charge is 0.355 e. The molecule has 0 fully saturated rings. The number of fused-ring (bicyclic) bond motifs is 1. The quantitative estimate of drug-likeness (QED) is 0.802. The molecule has 2 aromatic carbocycles. The lowest BCUT2D eigenvalue weighted by Crippen LogP contribution is -2.19. The molecule has 5 nitrogen and oxygen atoms in total. The van der Waals surface area contributed by atoms with Gasteiger partial charge >= 0.3 is 0 Å². The van der Waals surface area contributed by atoms with E-state index in [0.29, 0.717) is 28.8 Å². The molecule has 0 unspecified atom stereocenters. The van der Waals surface area contributed by atoms with E-state index in [9.17, 15) is 9.18 Å². The number of nitrogens with zero attached hydrogens (tertiary/aromatic N) is 3. The molecule has 1 aromatic heterocycles. The van der Waals surface area contributed by atoms with Gasteiger partial charge in [-0.1, -0.05) is 18.2 Å². The van der Waals surface area contributed by atoms with Crippen LogP contribution in [0.5, 0.6) is 0 Å². The van der Waals surface area contributed by atoms with Gasteiger partial charge in [0, 0.05) is 26.2 Å². The molecule has 3 aromatic rings. The Kier molecular flexibility index (Phi) is 4.37. The third kappa shape index (κ3) is 3.03. The Balaban J connectivity index is 1.88. The molecule has 24 heavy (non-hydrogen) atoms. The molecule has 0 saturated heterocycles. The van der Waals surface area contributed by atoms with Crippen LogP contribution >= 0.6 is 0 Å². The van der Waals surface area contributed by atoms with Crippen LogP contribution in [-0.2, 0) is 6.54 Å². The van der Waals surface area contributed by atoms with Gasteiger partial charge in [-0.2, -0.15) is 0 Å². The number of hydrogen-bond donors (Lipinski definition) is 1. The molecule has 0 spiro atoms. The number of hydrogen-bond acceptors (Lipinski definition) is 4. The molecule has 122 valence electrons. The zero-order valence-corrected chi connectivity index (χ0v) is 13.5. The number of aromatic nitrogens is 2. The molecule has 0 aliphatic rings. The highest BCUT2D eigenvalue weighted by atomic mass is 19.1. The molecule has 3 rings (SSSR count). The van der Waals surface area contributed by atoms with Crippen molar-refractivity contribution in [2.75, 3.05) is 19.0 Å². The molecule has 6 heteroatoms. The van der Waals surface area contributed by atoms with Gasteiger partial charge in [0.05, 0.1) is 10.9 Å². The Bertz CT molecular complexity index is 875. The van der Waals surface area contributed by atoms with Crippen LogP contribution in [0.2, 0.25) is 0 Å². The van der Waals surface area contributed by atoms with Crippen molar-refractivity contribution in [3.8, 4) is 0 Å². The highest BCUT2D eigenvalue weighted by molar-refractivity contribution is 5.94. The van der Waals surface area contributed by atoms with Gasteiger partial charge in [-0.25, -0.2) is 14.4 Å². The number of nitrogens with one attached hydrogen (secondary N) is 1. The van der Waals surface area contributed by atoms with E-state index in [2.05, 4.69) is 15.3 Å². The summed E-state index contributed by atoms with van der Waals surface area (Å²) < 4.78 is 14.2. The fourth-order valence-corrected chi connectivity index (χ4v) is 2.60. The second kappa shape index (κ2) is 6.62. The molecule has 0 atom stereocenters. The lowest BCUT2D eigenvalue weighted by atomic mass is 10.1. The predicted molar refractivity (Wildman–Crippen MR) is 91.4 cm³/mol. The zero-order chi connectivity index (χ0) is 17.1. The summed E-state index contributed by atoms with van der Waals surface area (Å²) in [5, 5.41) is 2.99. The number of halogens is 1. The van der Waals surface area contributed by atoms with Crippen LogP contribution in [0.15, 0.2) is 48.8 Å². The van der Waals surface area contributed by atoms with Gasteiger partial charge < -0.3 is 10.2 Å². The van der Waals surface area contributed by atoms with Crippen LogP contribution in [0.3, 0.4) is 0 Å². The molecule has 1 amide bonds. The minimum atomic E-state index is -0.343. The first-order valence-electron chi connectivity index (χ1n) is 7.51. The highest BCUT2D eigenvalue weighted by Crippen LogP contribution is 2.25. The van der Waals surface area contributed by atoms with Crippen LogP contribution in [0.4, 0.5) is 10.2 Å². The minimum absolute atomic E-state index is 0.126. The maximum absolute atomic E-state index is 14.2. The number of anilines is 1. The van der Waals surface area contributed by atoms with Crippen molar-refractivity contribution in [1.82, 2.24) is 15.3 Å². The Morgan fingerprint density at radius 1 is 1.17 bits per heavy atom. The maximum atomic E-state index is 14.2. The van der Waals surface area contributed by atoms with Crippen molar-refractivity contribution >= 4 is 22.6 Å². The van der Waals surface area contributed by atoms with Crippen molar-refractivity contribution < 1.29 is 9.18 Å². The normalized spacial score (nSPS) is 10.6. The van der Waals surface area contributed by atoms with Gasteiger partial charge in [0.2, 0.25) is 0 Å². The Labute approximate surface area is 139 Å². The van der Waals surface area contributed by atoms with Gasteiger partial charge in [-0.05, 0) is 29.8 Å². The number of amides is 1. The molecular weight excluding hydrogens is 307 g/mol. The smallest absolute Gasteiger partial charge is 0.251 e. The highest BCUT2D eigenvalue weighted by Gasteiger charge is 2.13. The van der Waals surface area contributed by atoms with Crippen molar-refractivity contribution in [3.05, 3.63) is 65.7 Å². The Morgan fingerprint density at radius 2 is 1.92 bits per heavy atom. The molecule has 0 radical (unpaired) electrons. The summed E-state index contributed by atoms with van der Waals surface area (Å²) in [7, 11) is 3.44. The summed E-state index contributed by atoms with van der Waals surface area (Å²) in [5.41, 5.74) is 2.16. The predicted octanol–water partition coefficient (Wildman–Crippen LogP) is 2.76. The standard InChI is InChI=1S/C18H17FN4O/c1-20-18(24)13-8-6-12(7-9-13)10-23(2)17-16-14(19)4-3-5-15(16)21-11-22-17/h3-9,11H,10H2,1-2H3,(H,20,24). The van der Waals surface area contributed by atoms with E-state index in [-0.39, 0.29) is 11.7 Å². The zero-order valence-electron chi connectivity index (χ0n) is 13.5. The van der Waals surface area contributed by atoms with Crippen LogP contribution < -0.4 is 10.2 Å². The summed E-state index contributed by atoms with van der Waals surface area (Å²) >= 11 is 0. The van der Waals surface area contributed by atoms with E-state index >= 15 is 0 Å². The molecule has 0 aliphatic carbocycles. The fraction of sp³-hybridized carbons (Fsp3) is 0.167. The lowest BCUT2D eigenvalue weighted by molar-refractivity contribution is 0.0963. The molecule has 0 bridgehead atoms. The first-order chi connectivity index (χ1) is 11.6. The third-order valence-electron chi connectivity index (χ3n) is 3.82. The van der Waals surface area contributed by atoms with E-state index in [1.54, 1.807) is 31.3 Å². The van der Waals surface area contributed by atoms with Gasteiger partial charge in [0.15, 0.2) is 0 Å². The summed E-state index contributed by atoms with van der Waals surface area (Å²) in [4.78, 5) is 21.8. The molecule has 1 heterocycles. The van der Waals surface area contributed by atoms with Crippen molar-refractivity contribution in [3.63, 3.8) is 0 Å². The summed E-state index contributed by atoms with van der Waals surface area (Å²) in [5.74, 6) is 0.0668. The van der Waals surface area contributed by atoms with Gasteiger partial charge in [-0.3, -0.25) is 4.79 Å². The average molecular weight is 324 g/mol. The third-order valence-corrected chi connectivity index (χ3v) is 3.82. The fourth-order valence-electron chi connectivity index (χ4n) is 2.60. The minimum Gasteiger partial charge on any atom is -0.355 e. The number of carbonyl (C=O) groups excluding carboxylic acids is 1. The van der Waals surface area contributed by atoms with Gasteiger partial charge in [-0.15, -0.1) is 0 Å². The summed E-state index contributed by atoms with van der Waals surface area (Å²) in [6.45, 7) is 0.536. The van der Waals surface area contributed by atoms with Crippen molar-refractivity contribution in [1.29, 1.82) is 0 Å². The average Bonchev–Trinajstić information content (AvgIpc) is 2.61. The second-order valence-electron chi connectivity index (χ2n) is 5.46. The molecule has 0 aliphatic heterocycles. The Morgan fingerprint density at radius 3 is 2.62 bits per heavy atom. The molecular formula is C18H17FN4O. The van der Waals surface area contributed by atoms with Crippen LogP contribution in [0.1, 0.15) is 15.9 Å². The van der Waals surface area contributed by atoms with Crippen LogP contribution in [0.25, 0.3) is 10.9 Å². The monoisotopic (exact) mass is 324 g/mol. The van der Waals surface area contributed by atoms with Gasteiger partial charge in [0.1, 0.15) is 18.0 Å². The van der Waals surface area contributed by atoms with E-state index in [0.717, 1.165) is 5.56 Å². The Hall–Kier alpha value is -3.02. The van der Waals surface area contributed by atoms with E-state index in [1.807, 2.05) is 24.1 Å². The number of carbonyl (C=O) groups is 1.